The zero-order valence-electron chi connectivity index (χ0n) is 7.98. The van der Waals surface area contributed by atoms with Crippen molar-refractivity contribution in [1.29, 1.82) is 0 Å². The minimum absolute atomic E-state index is 0.0307. The van der Waals surface area contributed by atoms with Crippen molar-refractivity contribution in [3.8, 4) is 0 Å². The average molecular weight is 201 g/mol. The first-order valence-corrected chi connectivity index (χ1v) is 4.45. The molecule has 0 amide bonds. The summed E-state index contributed by atoms with van der Waals surface area (Å²) < 4.78 is 26.2. The van der Waals surface area contributed by atoms with Crippen molar-refractivity contribution in [2.75, 3.05) is 18.5 Å². The fourth-order valence-electron chi connectivity index (χ4n) is 1.08. The van der Waals surface area contributed by atoms with Gasteiger partial charge in [-0.05, 0) is 25.0 Å². The largest absolute Gasteiger partial charge is 0.396 e. The molecule has 0 atom stereocenters. The number of halogens is 2. The summed E-state index contributed by atoms with van der Waals surface area (Å²) in [7, 11) is 0. The lowest BCUT2D eigenvalue weighted by Gasteiger charge is -2.07. The number of aryl methyl sites for hydroxylation is 1. The number of aliphatic hydroxyl groups is 1. The lowest BCUT2D eigenvalue weighted by molar-refractivity contribution is 0.292. The van der Waals surface area contributed by atoms with Crippen molar-refractivity contribution in [2.45, 2.75) is 13.3 Å². The lowest BCUT2D eigenvalue weighted by atomic mass is 10.2. The van der Waals surface area contributed by atoms with Gasteiger partial charge in [0.2, 0.25) is 0 Å². The van der Waals surface area contributed by atoms with Crippen molar-refractivity contribution in [3.05, 3.63) is 29.3 Å². The summed E-state index contributed by atoms with van der Waals surface area (Å²) in [5.74, 6) is -0.903. The van der Waals surface area contributed by atoms with Gasteiger partial charge in [-0.1, -0.05) is 0 Å². The summed E-state index contributed by atoms with van der Waals surface area (Å²) in [4.78, 5) is 0. The van der Waals surface area contributed by atoms with E-state index in [2.05, 4.69) is 5.32 Å². The van der Waals surface area contributed by atoms with Crippen molar-refractivity contribution in [1.82, 2.24) is 0 Å². The van der Waals surface area contributed by atoms with Gasteiger partial charge in [-0.25, -0.2) is 8.78 Å². The number of anilines is 1. The number of hydrogen-bond donors (Lipinski definition) is 2. The third-order valence-electron chi connectivity index (χ3n) is 1.90. The Morgan fingerprint density at radius 3 is 2.64 bits per heavy atom. The molecule has 0 aromatic heterocycles. The first-order chi connectivity index (χ1) is 6.65. The molecule has 0 aliphatic carbocycles. The predicted molar refractivity (Wildman–Crippen MR) is 51.3 cm³/mol. The maximum Gasteiger partial charge on any atom is 0.146 e. The summed E-state index contributed by atoms with van der Waals surface area (Å²) >= 11 is 0. The van der Waals surface area contributed by atoms with Crippen LogP contribution in [0.4, 0.5) is 14.5 Å². The topological polar surface area (TPSA) is 32.3 Å². The molecule has 0 radical (unpaired) electrons. The van der Waals surface area contributed by atoms with E-state index in [1.807, 2.05) is 0 Å². The highest BCUT2D eigenvalue weighted by Gasteiger charge is 2.05. The van der Waals surface area contributed by atoms with Gasteiger partial charge in [-0.3, -0.25) is 0 Å². The molecule has 0 spiro atoms. The number of aliphatic hydroxyl groups excluding tert-OH is 1. The summed E-state index contributed by atoms with van der Waals surface area (Å²) in [6.45, 7) is 1.97. The molecule has 2 nitrogen and oxygen atoms in total. The van der Waals surface area contributed by atoms with Gasteiger partial charge in [-0.15, -0.1) is 0 Å². The Balaban J connectivity index is 2.72. The molecule has 0 saturated heterocycles. The van der Waals surface area contributed by atoms with E-state index in [0.717, 1.165) is 12.1 Å². The standard InChI is InChI=1S/C10H13F2NO/c1-7-5-9(12)10(6-8(7)11)13-3-2-4-14/h5-6,13-14H,2-4H2,1H3. The molecule has 1 rings (SSSR count). The van der Waals surface area contributed by atoms with Crippen LogP contribution in [0.3, 0.4) is 0 Å². The average Bonchev–Trinajstić information content (AvgIpc) is 2.14. The third kappa shape index (κ3) is 2.67. The van der Waals surface area contributed by atoms with Crippen LogP contribution in [0.2, 0.25) is 0 Å². The SMILES string of the molecule is Cc1cc(F)c(NCCCO)cc1F. The molecule has 0 aliphatic rings. The van der Waals surface area contributed by atoms with Crippen LogP contribution < -0.4 is 5.32 Å². The van der Waals surface area contributed by atoms with Crippen LogP contribution in [0, 0.1) is 18.6 Å². The fraction of sp³-hybridized carbons (Fsp3) is 0.400. The monoisotopic (exact) mass is 201 g/mol. The fourth-order valence-corrected chi connectivity index (χ4v) is 1.08. The normalized spacial score (nSPS) is 10.3. The summed E-state index contributed by atoms with van der Waals surface area (Å²) in [6, 6.07) is 2.28. The van der Waals surface area contributed by atoms with E-state index in [4.69, 9.17) is 5.11 Å². The molecule has 2 N–H and O–H groups in total. The number of benzene rings is 1. The molecule has 1 aromatic rings. The van der Waals surface area contributed by atoms with Crippen LogP contribution in [0.25, 0.3) is 0 Å². The van der Waals surface area contributed by atoms with Gasteiger partial charge in [0.15, 0.2) is 0 Å². The van der Waals surface area contributed by atoms with E-state index >= 15 is 0 Å². The molecule has 14 heavy (non-hydrogen) atoms. The quantitative estimate of drug-likeness (QED) is 0.731. The van der Waals surface area contributed by atoms with E-state index in [1.165, 1.54) is 6.92 Å². The highest BCUT2D eigenvalue weighted by molar-refractivity contribution is 5.46. The van der Waals surface area contributed by atoms with Crippen LogP contribution in [-0.2, 0) is 0 Å². The van der Waals surface area contributed by atoms with Gasteiger partial charge in [0.25, 0.3) is 0 Å². The van der Waals surface area contributed by atoms with Gasteiger partial charge in [0.05, 0.1) is 5.69 Å². The Hall–Kier alpha value is -1.16. The summed E-state index contributed by atoms with van der Waals surface area (Å²) in [5.41, 5.74) is 0.428. The highest BCUT2D eigenvalue weighted by atomic mass is 19.1. The van der Waals surface area contributed by atoms with Crippen LogP contribution in [-0.4, -0.2) is 18.3 Å². The smallest absolute Gasteiger partial charge is 0.146 e. The Kier molecular flexibility index (Phi) is 3.83. The van der Waals surface area contributed by atoms with Gasteiger partial charge >= 0.3 is 0 Å². The second-order valence-corrected chi connectivity index (χ2v) is 3.09. The molecular formula is C10H13F2NO. The third-order valence-corrected chi connectivity index (χ3v) is 1.90. The summed E-state index contributed by atoms with van der Waals surface area (Å²) in [6.07, 6.45) is 0.509. The maximum absolute atomic E-state index is 13.2. The van der Waals surface area contributed by atoms with Gasteiger partial charge in [0, 0.05) is 19.2 Å². The Morgan fingerprint density at radius 2 is 2.00 bits per heavy atom. The molecule has 1 aromatic carbocycles. The highest BCUT2D eigenvalue weighted by Crippen LogP contribution is 2.18. The number of rotatable bonds is 4. The molecule has 78 valence electrons. The number of nitrogens with one attached hydrogen (secondary N) is 1. The van der Waals surface area contributed by atoms with Gasteiger partial charge in [0.1, 0.15) is 11.6 Å². The molecule has 0 unspecified atom stereocenters. The second-order valence-electron chi connectivity index (χ2n) is 3.09. The molecule has 0 saturated carbocycles. The first-order valence-electron chi connectivity index (χ1n) is 4.45. The Labute approximate surface area is 81.6 Å². The molecule has 0 bridgehead atoms. The molecule has 0 heterocycles. The zero-order valence-corrected chi connectivity index (χ0v) is 7.98. The first kappa shape index (κ1) is 10.9. The van der Waals surface area contributed by atoms with E-state index in [9.17, 15) is 8.78 Å². The zero-order chi connectivity index (χ0) is 10.6. The van der Waals surface area contributed by atoms with Gasteiger partial charge < -0.3 is 10.4 Å². The van der Waals surface area contributed by atoms with E-state index < -0.39 is 11.6 Å². The molecular weight excluding hydrogens is 188 g/mol. The molecule has 0 aliphatic heterocycles. The van der Waals surface area contributed by atoms with E-state index in [1.54, 1.807) is 0 Å². The summed E-state index contributed by atoms with van der Waals surface area (Å²) in [5, 5.41) is 11.2. The maximum atomic E-state index is 13.2. The Morgan fingerprint density at radius 1 is 1.29 bits per heavy atom. The van der Waals surface area contributed by atoms with Crippen LogP contribution >= 0.6 is 0 Å². The second kappa shape index (κ2) is 4.91. The van der Waals surface area contributed by atoms with E-state index in [0.29, 0.717) is 13.0 Å². The van der Waals surface area contributed by atoms with Crippen molar-refractivity contribution in [2.24, 2.45) is 0 Å². The van der Waals surface area contributed by atoms with Crippen LogP contribution in [0.5, 0.6) is 0 Å². The van der Waals surface area contributed by atoms with Crippen molar-refractivity contribution < 1.29 is 13.9 Å². The van der Waals surface area contributed by atoms with Crippen molar-refractivity contribution in [3.63, 3.8) is 0 Å². The van der Waals surface area contributed by atoms with Crippen LogP contribution in [0.15, 0.2) is 12.1 Å². The number of hydrogen-bond acceptors (Lipinski definition) is 2. The van der Waals surface area contributed by atoms with E-state index in [-0.39, 0.29) is 17.9 Å². The molecule has 4 heteroatoms. The minimum Gasteiger partial charge on any atom is -0.396 e. The van der Waals surface area contributed by atoms with Crippen LogP contribution in [0.1, 0.15) is 12.0 Å². The Bertz CT molecular complexity index is 315. The molecule has 0 fully saturated rings. The van der Waals surface area contributed by atoms with Gasteiger partial charge in [-0.2, -0.15) is 0 Å². The minimum atomic E-state index is -0.471. The predicted octanol–water partition coefficient (Wildman–Crippen LogP) is 2.07. The van der Waals surface area contributed by atoms with Crippen molar-refractivity contribution >= 4 is 5.69 Å². The lowest BCUT2D eigenvalue weighted by Crippen LogP contribution is -2.05.